The van der Waals surface area contributed by atoms with E-state index in [-0.39, 0.29) is 12.3 Å². The number of carbonyl (C=O) groups excluding carboxylic acids is 1. The van der Waals surface area contributed by atoms with Crippen molar-refractivity contribution in [1.82, 2.24) is 4.98 Å². The molecule has 1 amide bonds. The molecule has 106 valence electrons. The molecule has 2 heterocycles. The second-order valence-corrected chi connectivity index (χ2v) is 5.11. The number of fused-ring (bicyclic) bond motifs is 1. The van der Waals surface area contributed by atoms with Crippen LogP contribution in [0.4, 0.5) is 5.69 Å². The maximum absolute atomic E-state index is 12.1. The summed E-state index contributed by atoms with van der Waals surface area (Å²) < 4.78 is 5.62. The number of nitrogens with zero attached hydrogens (tertiary/aromatic N) is 1. The van der Waals surface area contributed by atoms with Gasteiger partial charge in [-0.1, -0.05) is 12.1 Å². The van der Waals surface area contributed by atoms with Gasteiger partial charge in [0.25, 0.3) is 0 Å². The number of benzene rings is 1. The SMILES string of the molecule is Cc1ccc2c(CC(=O)Nc3cccnc3)coc2c1C. The van der Waals surface area contributed by atoms with E-state index in [0.717, 1.165) is 22.1 Å². The first-order chi connectivity index (χ1) is 10.1. The molecule has 0 spiro atoms. The van der Waals surface area contributed by atoms with Gasteiger partial charge >= 0.3 is 0 Å². The van der Waals surface area contributed by atoms with Gasteiger partial charge in [-0.15, -0.1) is 0 Å². The zero-order chi connectivity index (χ0) is 14.8. The topological polar surface area (TPSA) is 55.1 Å². The molecule has 0 aliphatic rings. The number of aryl methyl sites for hydroxylation is 2. The van der Waals surface area contributed by atoms with Crippen molar-refractivity contribution in [3.63, 3.8) is 0 Å². The molecule has 0 radical (unpaired) electrons. The molecule has 4 heteroatoms. The van der Waals surface area contributed by atoms with Crippen LogP contribution in [-0.2, 0) is 11.2 Å². The third-order valence-corrected chi connectivity index (χ3v) is 3.64. The number of nitrogens with one attached hydrogen (secondary N) is 1. The summed E-state index contributed by atoms with van der Waals surface area (Å²) in [5.74, 6) is -0.0797. The average Bonchev–Trinajstić information content (AvgIpc) is 2.87. The van der Waals surface area contributed by atoms with Crippen LogP contribution >= 0.6 is 0 Å². The van der Waals surface area contributed by atoms with Crippen molar-refractivity contribution in [3.8, 4) is 0 Å². The lowest BCUT2D eigenvalue weighted by molar-refractivity contribution is -0.115. The van der Waals surface area contributed by atoms with Gasteiger partial charge in [-0.25, -0.2) is 0 Å². The molecule has 1 N–H and O–H groups in total. The number of amides is 1. The summed E-state index contributed by atoms with van der Waals surface area (Å²) in [6, 6.07) is 7.66. The second kappa shape index (κ2) is 5.40. The average molecular weight is 280 g/mol. The molecule has 4 nitrogen and oxygen atoms in total. The lowest BCUT2D eigenvalue weighted by Gasteiger charge is -2.04. The van der Waals surface area contributed by atoms with Crippen LogP contribution in [0, 0.1) is 13.8 Å². The first-order valence-electron chi connectivity index (χ1n) is 6.81. The molecule has 3 aromatic rings. The molecule has 3 rings (SSSR count). The fourth-order valence-corrected chi connectivity index (χ4v) is 2.34. The monoisotopic (exact) mass is 280 g/mol. The maximum atomic E-state index is 12.1. The molecule has 21 heavy (non-hydrogen) atoms. The number of furan rings is 1. The second-order valence-electron chi connectivity index (χ2n) is 5.11. The van der Waals surface area contributed by atoms with Gasteiger partial charge in [0.1, 0.15) is 5.58 Å². The van der Waals surface area contributed by atoms with Crippen molar-refractivity contribution in [2.24, 2.45) is 0 Å². The Hall–Kier alpha value is -2.62. The fraction of sp³-hybridized carbons (Fsp3) is 0.176. The van der Waals surface area contributed by atoms with E-state index >= 15 is 0 Å². The molecule has 0 saturated carbocycles. The molecule has 1 aromatic carbocycles. The van der Waals surface area contributed by atoms with Gasteiger partial charge in [0.05, 0.1) is 24.6 Å². The van der Waals surface area contributed by atoms with Gasteiger partial charge < -0.3 is 9.73 Å². The molecule has 0 atom stereocenters. The summed E-state index contributed by atoms with van der Waals surface area (Å²) in [5.41, 5.74) is 4.76. The van der Waals surface area contributed by atoms with Crippen LogP contribution in [0.5, 0.6) is 0 Å². The standard InChI is InChI=1S/C17H16N2O2/c1-11-5-6-15-13(10-21-17(15)12(11)2)8-16(20)19-14-4-3-7-18-9-14/h3-7,9-10H,8H2,1-2H3,(H,19,20). The predicted octanol–water partition coefficient (Wildman–Crippen LogP) is 3.63. The van der Waals surface area contributed by atoms with Gasteiger partial charge in [-0.3, -0.25) is 9.78 Å². The molecule has 0 unspecified atom stereocenters. The Morgan fingerprint density at radius 1 is 1.29 bits per heavy atom. The molecular formula is C17H16N2O2. The normalized spacial score (nSPS) is 10.8. The quantitative estimate of drug-likeness (QED) is 0.797. The summed E-state index contributed by atoms with van der Waals surface area (Å²) in [5, 5.41) is 3.83. The molecular weight excluding hydrogens is 264 g/mol. The minimum Gasteiger partial charge on any atom is -0.464 e. The molecule has 2 aromatic heterocycles. The van der Waals surface area contributed by atoms with E-state index in [0.29, 0.717) is 5.69 Å². The van der Waals surface area contributed by atoms with Gasteiger partial charge in [0.2, 0.25) is 5.91 Å². The van der Waals surface area contributed by atoms with Crippen LogP contribution in [0.15, 0.2) is 47.3 Å². The Kier molecular flexibility index (Phi) is 3.44. The Labute approximate surface area is 122 Å². The Balaban J connectivity index is 1.82. The number of hydrogen-bond donors (Lipinski definition) is 1. The lowest BCUT2D eigenvalue weighted by atomic mass is 10.0. The third-order valence-electron chi connectivity index (χ3n) is 3.64. The van der Waals surface area contributed by atoms with E-state index in [1.54, 1.807) is 24.7 Å². The van der Waals surface area contributed by atoms with Crippen LogP contribution in [0.3, 0.4) is 0 Å². The zero-order valence-electron chi connectivity index (χ0n) is 12.0. The lowest BCUT2D eigenvalue weighted by Crippen LogP contribution is -2.14. The summed E-state index contributed by atoms with van der Waals surface area (Å²) >= 11 is 0. The highest BCUT2D eigenvalue weighted by atomic mass is 16.3. The smallest absolute Gasteiger partial charge is 0.228 e. The first kappa shape index (κ1) is 13.4. The molecule has 0 bridgehead atoms. The van der Waals surface area contributed by atoms with Crippen molar-refractivity contribution in [2.45, 2.75) is 20.3 Å². The van der Waals surface area contributed by atoms with Crippen molar-refractivity contribution in [1.29, 1.82) is 0 Å². The molecule has 0 aliphatic heterocycles. The number of carbonyl (C=O) groups is 1. The van der Waals surface area contributed by atoms with Crippen molar-refractivity contribution in [3.05, 3.63) is 59.6 Å². The van der Waals surface area contributed by atoms with E-state index < -0.39 is 0 Å². The summed E-state index contributed by atoms with van der Waals surface area (Å²) in [6.07, 6.45) is 5.24. The summed E-state index contributed by atoms with van der Waals surface area (Å²) in [7, 11) is 0. The molecule has 0 aliphatic carbocycles. The van der Waals surface area contributed by atoms with Crippen LogP contribution in [0.2, 0.25) is 0 Å². The number of rotatable bonds is 3. The Bertz CT molecular complexity index is 791. The van der Waals surface area contributed by atoms with Gasteiger partial charge in [0, 0.05) is 17.1 Å². The van der Waals surface area contributed by atoms with E-state index in [1.165, 1.54) is 5.56 Å². The van der Waals surface area contributed by atoms with E-state index in [1.807, 2.05) is 26.0 Å². The fourth-order valence-electron chi connectivity index (χ4n) is 2.34. The van der Waals surface area contributed by atoms with Gasteiger partial charge in [0.15, 0.2) is 0 Å². The maximum Gasteiger partial charge on any atom is 0.228 e. The molecule has 0 fully saturated rings. The van der Waals surface area contributed by atoms with Crippen molar-refractivity contribution < 1.29 is 9.21 Å². The Morgan fingerprint density at radius 2 is 2.14 bits per heavy atom. The molecule has 0 saturated heterocycles. The highest BCUT2D eigenvalue weighted by Crippen LogP contribution is 2.26. The third kappa shape index (κ3) is 2.65. The van der Waals surface area contributed by atoms with Gasteiger partial charge in [-0.2, -0.15) is 0 Å². The van der Waals surface area contributed by atoms with Crippen LogP contribution < -0.4 is 5.32 Å². The van der Waals surface area contributed by atoms with Crippen LogP contribution in [0.25, 0.3) is 11.0 Å². The Morgan fingerprint density at radius 3 is 2.90 bits per heavy atom. The number of aromatic nitrogens is 1. The predicted molar refractivity (Wildman–Crippen MR) is 82.3 cm³/mol. The minimum absolute atomic E-state index is 0.0797. The number of hydrogen-bond acceptors (Lipinski definition) is 3. The highest BCUT2D eigenvalue weighted by molar-refractivity contribution is 5.95. The zero-order valence-corrected chi connectivity index (χ0v) is 12.0. The highest BCUT2D eigenvalue weighted by Gasteiger charge is 2.12. The summed E-state index contributed by atoms with van der Waals surface area (Å²) in [6.45, 7) is 4.08. The van der Waals surface area contributed by atoms with Gasteiger partial charge in [-0.05, 0) is 37.1 Å². The number of pyridine rings is 1. The van der Waals surface area contributed by atoms with Crippen LogP contribution in [-0.4, -0.2) is 10.9 Å². The van der Waals surface area contributed by atoms with Crippen molar-refractivity contribution >= 4 is 22.6 Å². The van der Waals surface area contributed by atoms with E-state index in [2.05, 4.69) is 16.4 Å². The first-order valence-corrected chi connectivity index (χ1v) is 6.81. The number of anilines is 1. The summed E-state index contributed by atoms with van der Waals surface area (Å²) in [4.78, 5) is 16.1. The van der Waals surface area contributed by atoms with E-state index in [9.17, 15) is 4.79 Å². The van der Waals surface area contributed by atoms with E-state index in [4.69, 9.17) is 4.42 Å². The van der Waals surface area contributed by atoms with Crippen molar-refractivity contribution in [2.75, 3.05) is 5.32 Å². The largest absolute Gasteiger partial charge is 0.464 e. The minimum atomic E-state index is -0.0797. The van der Waals surface area contributed by atoms with Crippen LogP contribution in [0.1, 0.15) is 16.7 Å².